The number of benzene rings is 2. The van der Waals surface area contributed by atoms with Gasteiger partial charge in [-0.3, -0.25) is 4.79 Å². The van der Waals surface area contributed by atoms with Crippen LogP contribution < -0.4 is 9.47 Å². The lowest BCUT2D eigenvalue weighted by atomic mass is 10.1. The topological polar surface area (TPSA) is 72.9 Å². The second-order valence-electron chi connectivity index (χ2n) is 6.84. The Balaban J connectivity index is 2.30. The molecule has 30 heavy (non-hydrogen) atoms. The third kappa shape index (κ3) is 5.47. The van der Waals surface area contributed by atoms with Gasteiger partial charge < -0.3 is 14.4 Å². The molecule has 0 aliphatic carbocycles. The number of carbonyl (C=O) groups is 1. The Labute approximate surface area is 175 Å². The van der Waals surface area contributed by atoms with Gasteiger partial charge in [-0.25, -0.2) is 8.42 Å². The van der Waals surface area contributed by atoms with Crippen molar-refractivity contribution in [3.63, 3.8) is 0 Å². The fraction of sp³-hybridized carbons (Fsp3) is 0.381. The van der Waals surface area contributed by atoms with Gasteiger partial charge in [0.15, 0.2) is 21.3 Å². The maximum atomic E-state index is 13.0. The highest BCUT2D eigenvalue weighted by Crippen LogP contribution is 2.30. The summed E-state index contributed by atoms with van der Waals surface area (Å²) in [7, 11) is -2.11. The highest BCUT2D eigenvalue weighted by molar-refractivity contribution is 7.92. The first-order valence-corrected chi connectivity index (χ1v) is 10.9. The van der Waals surface area contributed by atoms with E-state index in [2.05, 4.69) is 4.74 Å². The van der Waals surface area contributed by atoms with E-state index in [9.17, 15) is 22.0 Å². The predicted octanol–water partition coefficient (Wildman–Crippen LogP) is 4.14. The molecular formula is C21H25F2NO5S. The molecule has 0 heterocycles. The van der Waals surface area contributed by atoms with E-state index < -0.39 is 27.6 Å². The number of halogens is 2. The number of amides is 1. The minimum Gasteiger partial charge on any atom is -0.490 e. The molecule has 2 aromatic rings. The normalized spacial score (nSPS) is 11.6. The summed E-state index contributed by atoms with van der Waals surface area (Å²) in [5.41, 5.74) is 0.691. The molecule has 0 unspecified atom stereocenters. The molecule has 164 valence electrons. The van der Waals surface area contributed by atoms with E-state index in [0.717, 1.165) is 0 Å². The molecule has 0 bridgehead atoms. The van der Waals surface area contributed by atoms with Crippen LogP contribution >= 0.6 is 0 Å². The van der Waals surface area contributed by atoms with Gasteiger partial charge in [0.2, 0.25) is 0 Å². The van der Waals surface area contributed by atoms with Gasteiger partial charge in [0.1, 0.15) is 0 Å². The van der Waals surface area contributed by atoms with Crippen LogP contribution in [0.15, 0.2) is 47.4 Å². The molecule has 0 aliphatic rings. The van der Waals surface area contributed by atoms with Crippen LogP contribution in [-0.4, -0.2) is 44.7 Å². The van der Waals surface area contributed by atoms with Gasteiger partial charge in [-0.1, -0.05) is 18.2 Å². The maximum absolute atomic E-state index is 13.0. The van der Waals surface area contributed by atoms with Gasteiger partial charge in [-0.15, -0.1) is 0 Å². The zero-order valence-electron chi connectivity index (χ0n) is 17.3. The predicted molar refractivity (Wildman–Crippen MR) is 109 cm³/mol. The van der Waals surface area contributed by atoms with Crippen LogP contribution in [0, 0.1) is 0 Å². The summed E-state index contributed by atoms with van der Waals surface area (Å²) in [4.78, 5) is 14.3. The first kappa shape index (κ1) is 23.6. The Hall–Kier alpha value is -2.68. The first-order chi connectivity index (χ1) is 14.1. The van der Waals surface area contributed by atoms with E-state index >= 15 is 0 Å². The van der Waals surface area contributed by atoms with Gasteiger partial charge in [0, 0.05) is 13.6 Å². The average molecular weight is 441 g/mol. The lowest BCUT2D eigenvalue weighted by Crippen LogP contribution is -2.28. The molecule has 0 aromatic heterocycles. The van der Waals surface area contributed by atoms with Crippen molar-refractivity contribution in [3.05, 3.63) is 53.6 Å². The summed E-state index contributed by atoms with van der Waals surface area (Å²) < 4.78 is 60.1. The molecule has 0 aliphatic heterocycles. The Kier molecular flexibility index (Phi) is 7.77. The second kappa shape index (κ2) is 9.88. The zero-order chi connectivity index (χ0) is 22.5. The van der Waals surface area contributed by atoms with Crippen LogP contribution in [0.1, 0.15) is 36.7 Å². The van der Waals surface area contributed by atoms with E-state index in [1.807, 2.05) is 0 Å². The molecule has 9 heteroatoms. The smallest absolute Gasteiger partial charge is 0.387 e. The number of carbonyl (C=O) groups excluding carboxylic acids is 1. The lowest BCUT2D eigenvalue weighted by Gasteiger charge is -2.21. The van der Waals surface area contributed by atoms with Crippen molar-refractivity contribution in [3.8, 4) is 11.5 Å². The van der Waals surface area contributed by atoms with Crippen LogP contribution in [0.3, 0.4) is 0 Å². The molecule has 1 amide bonds. The first-order valence-electron chi connectivity index (χ1n) is 9.36. The van der Waals surface area contributed by atoms with E-state index in [1.165, 1.54) is 36.2 Å². The van der Waals surface area contributed by atoms with Crippen LogP contribution in [0.2, 0.25) is 0 Å². The molecule has 2 aromatic carbocycles. The van der Waals surface area contributed by atoms with Crippen molar-refractivity contribution in [1.29, 1.82) is 0 Å². The molecule has 0 atom stereocenters. The molecular weight excluding hydrogens is 416 g/mol. The van der Waals surface area contributed by atoms with Gasteiger partial charge in [-0.2, -0.15) is 8.78 Å². The Morgan fingerprint density at radius 3 is 2.37 bits per heavy atom. The Bertz CT molecular complexity index is 993. The van der Waals surface area contributed by atoms with Gasteiger partial charge in [0.05, 0.1) is 22.3 Å². The monoisotopic (exact) mass is 441 g/mol. The third-order valence-corrected chi connectivity index (χ3v) is 6.55. The van der Waals surface area contributed by atoms with Crippen LogP contribution in [-0.2, 0) is 16.4 Å². The Morgan fingerprint density at radius 1 is 1.10 bits per heavy atom. The average Bonchev–Trinajstić information content (AvgIpc) is 2.69. The molecule has 0 radical (unpaired) electrons. The molecule has 0 spiro atoms. The molecule has 0 saturated carbocycles. The minimum absolute atomic E-state index is 0.0208. The van der Waals surface area contributed by atoms with E-state index in [4.69, 9.17) is 4.74 Å². The van der Waals surface area contributed by atoms with Crippen LogP contribution in [0.5, 0.6) is 11.5 Å². The van der Waals surface area contributed by atoms with Crippen molar-refractivity contribution < 1.29 is 31.5 Å². The summed E-state index contributed by atoms with van der Waals surface area (Å²) in [5.74, 6) is -0.433. The number of rotatable bonds is 9. The van der Waals surface area contributed by atoms with Crippen LogP contribution in [0.4, 0.5) is 8.78 Å². The summed E-state index contributed by atoms with van der Waals surface area (Å²) >= 11 is 0. The summed E-state index contributed by atoms with van der Waals surface area (Å²) in [6.45, 7) is 2.19. The highest BCUT2D eigenvalue weighted by atomic mass is 32.2. The number of sulfone groups is 1. The lowest BCUT2D eigenvalue weighted by molar-refractivity contribution is -0.0514. The highest BCUT2D eigenvalue weighted by Gasteiger charge is 2.26. The van der Waals surface area contributed by atoms with Crippen LogP contribution in [0.25, 0.3) is 0 Å². The maximum Gasteiger partial charge on any atom is 0.387 e. The number of alkyl halides is 2. The molecule has 0 fully saturated rings. The van der Waals surface area contributed by atoms with Gasteiger partial charge in [0.25, 0.3) is 5.91 Å². The fourth-order valence-corrected chi connectivity index (χ4v) is 4.05. The van der Waals surface area contributed by atoms with E-state index in [0.29, 0.717) is 5.56 Å². The standard InChI is InChI=1S/C21H25F2NO5S/c1-5-28-18-12-15(10-11-17(18)29-21(22)23)13-24(4)20(25)16-8-6-7-9-19(16)30(26,27)14(2)3/h6-12,14,21H,5,13H2,1-4H3. The number of hydrogen-bond donors (Lipinski definition) is 0. The SMILES string of the molecule is CCOc1cc(CN(C)C(=O)c2ccccc2S(=O)(=O)C(C)C)ccc1OC(F)F. The minimum atomic E-state index is -3.65. The number of hydrogen-bond acceptors (Lipinski definition) is 5. The van der Waals surface area contributed by atoms with Gasteiger partial charge >= 0.3 is 6.61 Å². The number of ether oxygens (including phenoxy) is 2. The summed E-state index contributed by atoms with van der Waals surface area (Å²) in [6.07, 6.45) is 0. The van der Waals surface area contributed by atoms with Crippen molar-refractivity contribution in [1.82, 2.24) is 4.90 Å². The quantitative estimate of drug-likeness (QED) is 0.585. The summed E-state index contributed by atoms with van der Waals surface area (Å²) in [5, 5.41) is -0.673. The van der Waals surface area contributed by atoms with Gasteiger partial charge in [-0.05, 0) is 50.6 Å². The van der Waals surface area contributed by atoms with Crippen molar-refractivity contribution in [2.45, 2.75) is 44.1 Å². The van der Waals surface area contributed by atoms with E-state index in [-0.39, 0.29) is 35.1 Å². The second-order valence-corrected chi connectivity index (χ2v) is 9.32. The zero-order valence-corrected chi connectivity index (χ0v) is 18.1. The van der Waals surface area contributed by atoms with Crippen molar-refractivity contribution in [2.75, 3.05) is 13.7 Å². The van der Waals surface area contributed by atoms with E-state index in [1.54, 1.807) is 39.0 Å². The molecule has 6 nitrogen and oxygen atoms in total. The molecule has 0 saturated heterocycles. The van der Waals surface area contributed by atoms with Crippen molar-refractivity contribution in [2.24, 2.45) is 0 Å². The van der Waals surface area contributed by atoms with Crippen molar-refractivity contribution >= 4 is 15.7 Å². The Morgan fingerprint density at radius 2 is 1.77 bits per heavy atom. The molecule has 0 N–H and O–H groups in total. The largest absolute Gasteiger partial charge is 0.490 e. The fourth-order valence-electron chi connectivity index (χ4n) is 2.81. The molecule has 2 rings (SSSR count). The number of nitrogens with zero attached hydrogens (tertiary/aromatic N) is 1. The third-order valence-electron chi connectivity index (χ3n) is 4.34. The summed E-state index contributed by atoms with van der Waals surface area (Å²) in [6, 6.07) is 10.5.